The third-order valence-electron chi connectivity index (χ3n) is 3.43. The van der Waals surface area contributed by atoms with E-state index in [1.807, 2.05) is 6.33 Å². The molecule has 1 aliphatic rings. The summed E-state index contributed by atoms with van der Waals surface area (Å²) in [4.78, 5) is 15.2. The van der Waals surface area contributed by atoms with Gasteiger partial charge in [-0.1, -0.05) is 0 Å². The minimum Gasteiger partial charge on any atom is -0.377 e. The fourth-order valence-electron chi connectivity index (χ4n) is 2.28. The van der Waals surface area contributed by atoms with Crippen molar-refractivity contribution in [2.75, 3.05) is 10.6 Å². The standard InChI is InChI=1S/C15H17FN4O/c1-10(21)19-11-2-5-14(16)15(6-11)18-8-13-7-17-9-20(13)12-3-4-12/h2,5-7,9,12,18H,3-4,8H2,1H3,(H,19,21). The van der Waals surface area contributed by atoms with Crippen LogP contribution >= 0.6 is 0 Å². The number of anilines is 2. The summed E-state index contributed by atoms with van der Waals surface area (Å²) in [6, 6.07) is 5.01. The third kappa shape index (κ3) is 3.21. The number of halogens is 1. The summed E-state index contributed by atoms with van der Waals surface area (Å²) in [7, 11) is 0. The van der Waals surface area contributed by atoms with Crippen LogP contribution in [0.2, 0.25) is 0 Å². The number of nitrogens with zero attached hydrogens (tertiary/aromatic N) is 2. The molecule has 1 amide bonds. The number of hydrogen-bond donors (Lipinski definition) is 2. The lowest BCUT2D eigenvalue weighted by atomic mass is 10.2. The second-order valence-corrected chi connectivity index (χ2v) is 5.25. The Morgan fingerprint density at radius 2 is 2.29 bits per heavy atom. The van der Waals surface area contributed by atoms with Gasteiger partial charge in [0.25, 0.3) is 0 Å². The zero-order valence-corrected chi connectivity index (χ0v) is 11.8. The van der Waals surface area contributed by atoms with Crippen molar-refractivity contribution in [2.24, 2.45) is 0 Å². The summed E-state index contributed by atoms with van der Waals surface area (Å²) in [5, 5.41) is 5.71. The van der Waals surface area contributed by atoms with E-state index in [0.717, 1.165) is 5.69 Å². The van der Waals surface area contributed by atoms with E-state index in [9.17, 15) is 9.18 Å². The molecule has 5 nitrogen and oxygen atoms in total. The van der Waals surface area contributed by atoms with Gasteiger partial charge in [-0.2, -0.15) is 0 Å². The number of amides is 1. The van der Waals surface area contributed by atoms with E-state index >= 15 is 0 Å². The molecule has 2 N–H and O–H groups in total. The van der Waals surface area contributed by atoms with E-state index in [1.165, 1.54) is 31.9 Å². The van der Waals surface area contributed by atoms with Crippen molar-refractivity contribution in [3.8, 4) is 0 Å². The van der Waals surface area contributed by atoms with Crippen molar-refractivity contribution in [1.82, 2.24) is 9.55 Å². The SMILES string of the molecule is CC(=O)Nc1ccc(F)c(NCc2cncn2C2CC2)c1. The Morgan fingerprint density at radius 1 is 1.48 bits per heavy atom. The highest BCUT2D eigenvalue weighted by Crippen LogP contribution is 2.35. The van der Waals surface area contributed by atoms with Crippen molar-refractivity contribution < 1.29 is 9.18 Å². The molecule has 0 aliphatic heterocycles. The van der Waals surface area contributed by atoms with E-state index in [1.54, 1.807) is 12.3 Å². The molecule has 1 saturated carbocycles. The topological polar surface area (TPSA) is 59.0 Å². The molecule has 0 saturated heterocycles. The molecule has 3 rings (SSSR count). The Morgan fingerprint density at radius 3 is 3.00 bits per heavy atom. The number of carbonyl (C=O) groups is 1. The largest absolute Gasteiger partial charge is 0.377 e. The minimum absolute atomic E-state index is 0.181. The van der Waals surface area contributed by atoms with Crippen LogP contribution < -0.4 is 10.6 Å². The Bertz CT molecular complexity index is 663. The van der Waals surface area contributed by atoms with Crippen molar-refractivity contribution >= 4 is 17.3 Å². The van der Waals surface area contributed by atoms with E-state index in [-0.39, 0.29) is 11.7 Å². The number of hydrogen-bond acceptors (Lipinski definition) is 3. The maximum absolute atomic E-state index is 13.8. The first-order valence-corrected chi connectivity index (χ1v) is 6.95. The lowest BCUT2D eigenvalue weighted by Gasteiger charge is -2.11. The molecular formula is C15H17FN4O. The van der Waals surface area contributed by atoms with Gasteiger partial charge in [0.15, 0.2) is 0 Å². The minimum atomic E-state index is -0.346. The number of nitrogens with one attached hydrogen (secondary N) is 2. The number of aromatic nitrogens is 2. The molecule has 21 heavy (non-hydrogen) atoms. The van der Waals surface area contributed by atoms with E-state index < -0.39 is 0 Å². The molecule has 110 valence electrons. The lowest BCUT2D eigenvalue weighted by Crippen LogP contribution is -2.09. The normalized spacial score (nSPS) is 14.0. The second-order valence-electron chi connectivity index (χ2n) is 5.25. The fourth-order valence-corrected chi connectivity index (χ4v) is 2.28. The third-order valence-corrected chi connectivity index (χ3v) is 3.43. The molecule has 1 aromatic carbocycles. The molecule has 0 unspecified atom stereocenters. The van der Waals surface area contributed by atoms with Crippen LogP contribution in [0.5, 0.6) is 0 Å². The van der Waals surface area contributed by atoms with Gasteiger partial charge in [0.05, 0.1) is 24.3 Å². The summed E-state index contributed by atoms with van der Waals surface area (Å²) < 4.78 is 15.9. The molecular weight excluding hydrogens is 271 g/mol. The number of benzene rings is 1. The van der Waals surface area contributed by atoms with Gasteiger partial charge in [-0.05, 0) is 31.0 Å². The molecule has 2 aromatic rings. The number of carbonyl (C=O) groups excluding carboxylic acids is 1. The smallest absolute Gasteiger partial charge is 0.221 e. The summed E-state index contributed by atoms with van der Waals surface area (Å²) in [6.07, 6.45) is 5.96. The molecule has 6 heteroatoms. The van der Waals surface area contributed by atoms with Crippen LogP contribution in [0.25, 0.3) is 0 Å². The van der Waals surface area contributed by atoms with Gasteiger partial charge in [0, 0.05) is 24.8 Å². The maximum atomic E-state index is 13.8. The van der Waals surface area contributed by atoms with Gasteiger partial charge in [0.1, 0.15) is 5.82 Å². The average Bonchev–Trinajstić information content (AvgIpc) is 3.18. The fraction of sp³-hybridized carbons (Fsp3) is 0.333. The van der Waals surface area contributed by atoms with E-state index in [0.29, 0.717) is 24.0 Å². The van der Waals surface area contributed by atoms with Crippen LogP contribution in [-0.2, 0) is 11.3 Å². The van der Waals surface area contributed by atoms with Gasteiger partial charge in [-0.15, -0.1) is 0 Å². The van der Waals surface area contributed by atoms with Crippen LogP contribution in [0.4, 0.5) is 15.8 Å². The van der Waals surface area contributed by atoms with Crippen molar-refractivity contribution in [3.05, 3.63) is 42.2 Å². The summed E-state index contributed by atoms with van der Waals surface area (Å²) in [6.45, 7) is 1.92. The van der Waals surface area contributed by atoms with Crippen molar-refractivity contribution in [2.45, 2.75) is 32.4 Å². The molecule has 1 aliphatic carbocycles. The van der Waals surface area contributed by atoms with Crippen LogP contribution in [0.3, 0.4) is 0 Å². The van der Waals surface area contributed by atoms with Gasteiger partial charge in [0.2, 0.25) is 5.91 Å². The summed E-state index contributed by atoms with van der Waals surface area (Å²) in [5.74, 6) is -0.527. The molecule has 1 aromatic heterocycles. The first kappa shape index (κ1) is 13.6. The van der Waals surface area contributed by atoms with Crippen LogP contribution in [0.1, 0.15) is 31.5 Å². The summed E-state index contributed by atoms with van der Waals surface area (Å²) >= 11 is 0. The highest BCUT2D eigenvalue weighted by molar-refractivity contribution is 5.89. The van der Waals surface area contributed by atoms with Gasteiger partial charge in [-0.25, -0.2) is 9.37 Å². The Hall–Kier alpha value is -2.37. The highest BCUT2D eigenvalue weighted by Gasteiger charge is 2.25. The molecule has 0 spiro atoms. The number of rotatable bonds is 5. The van der Waals surface area contributed by atoms with Crippen molar-refractivity contribution in [3.63, 3.8) is 0 Å². The summed E-state index contributed by atoms with van der Waals surface area (Å²) in [5.41, 5.74) is 1.97. The van der Waals surface area contributed by atoms with Gasteiger partial charge in [-0.3, -0.25) is 4.79 Å². The zero-order chi connectivity index (χ0) is 14.8. The average molecular weight is 288 g/mol. The Balaban J connectivity index is 1.71. The first-order valence-electron chi connectivity index (χ1n) is 6.95. The van der Waals surface area contributed by atoms with Crippen LogP contribution in [0.15, 0.2) is 30.7 Å². The highest BCUT2D eigenvalue weighted by atomic mass is 19.1. The molecule has 0 atom stereocenters. The van der Waals surface area contributed by atoms with E-state index in [2.05, 4.69) is 20.2 Å². The van der Waals surface area contributed by atoms with Gasteiger partial charge < -0.3 is 15.2 Å². The first-order chi connectivity index (χ1) is 10.1. The van der Waals surface area contributed by atoms with Crippen molar-refractivity contribution in [1.29, 1.82) is 0 Å². The maximum Gasteiger partial charge on any atom is 0.221 e. The molecule has 0 bridgehead atoms. The quantitative estimate of drug-likeness (QED) is 0.889. The Labute approximate surface area is 122 Å². The predicted octanol–water partition coefficient (Wildman–Crippen LogP) is 2.93. The van der Waals surface area contributed by atoms with Gasteiger partial charge >= 0.3 is 0 Å². The molecule has 1 fully saturated rings. The van der Waals surface area contributed by atoms with E-state index in [4.69, 9.17) is 0 Å². The zero-order valence-electron chi connectivity index (χ0n) is 11.8. The van der Waals surface area contributed by atoms with Crippen LogP contribution in [0, 0.1) is 5.82 Å². The molecule has 0 radical (unpaired) electrons. The Kier molecular flexibility index (Phi) is 3.60. The monoisotopic (exact) mass is 288 g/mol. The lowest BCUT2D eigenvalue weighted by molar-refractivity contribution is -0.114. The number of imidazole rings is 1. The molecule has 1 heterocycles. The van der Waals surface area contributed by atoms with Crippen LogP contribution in [-0.4, -0.2) is 15.5 Å². The predicted molar refractivity (Wildman–Crippen MR) is 78.5 cm³/mol. The second kappa shape index (κ2) is 5.55.